The van der Waals surface area contributed by atoms with E-state index in [1.54, 1.807) is 23.6 Å². The Kier molecular flexibility index (Phi) is 4.82. The molecule has 0 atom stereocenters. The summed E-state index contributed by atoms with van der Waals surface area (Å²) in [5.41, 5.74) is 0.492. The summed E-state index contributed by atoms with van der Waals surface area (Å²) < 4.78 is 42.2. The highest BCUT2D eigenvalue weighted by atomic mass is 32.1. The van der Waals surface area contributed by atoms with Crippen LogP contribution in [0.25, 0.3) is 21.5 Å². The summed E-state index contributed by atoms with van der Waals surface area (Å²) in [5, 5.41) is 11.4. The average molecular weight is 435 g/mol. The zero-order valence-corrected chi connectivity index (χ0v) is 15.8. The van der Waals surface area contributed by atoms with Gasteiger partial charge in [0.2, 0.25) is 0 Å². The highest BCUT2D eigenvalue weighted by molar-refractivity contribution is 7.17. The minimum atomic E-state index is -4.76. The molecule has 154 valence electrons. The molecular weight excluding hydrogens is 423 g/mol. The molecule has 3 aromatic heterocycles. The van der Waals surface area contributed by atoms with Crippen molar-refractivity contribution in [3.8, 4) is 17.0 Å². The number of thiophene rings is 1. The second-order valence-electron chi connectivity index (χ2n) is 6.24. The van der Waals surface area contributed by atoms with Crippen LogP contribution in [0.5, 0.6) is 5.75 Å². The van der Waals surface area contributed by atoms with Crippen LogP contribution < -0.4 is 16.0 Å². The van der Waals surface area contributed by atoms with E-state index in [-0.39, 0.29) is 21.7 Å². The fraction of sp³-hybridized carbons (Fsp3) is 0.105. The van der Waals surface area contributed by atoms with Crippen molar-refractivity contribution >= 4 is 21.6 Å². The summed E-state index contributed by atoms with van der Waals surface area (Å²) >= 11 is 1.12. The molecule has 4 rings (SSSR count). The van der Waals surface area contributed by atoms with Crippen molar-refractivity contribution in [2.45, 2.75) is 12.9 Å². The molecule has 0 aliphatic rings. The van der Waals surface area contributed by atoms with E-state index in [0.717, 1.165) is 11.3 Å². The molecule has 0 unspecified atom stereocenters. The zero-order chi connectivity index (χ0) is 21.5. The van der Waals surface area contributed by atoms with Crippen LogP contribution >= 0.6 is 11.3 Å². The maximum absolute atomic E-state index is 12.3. The third kappa shape index (κ3) is 3.79. The van der Waals surface area contributed by atoms with Gasteiger partial charge in [0, 0.05) is 11.8 Å². The van der Waals surface area contributed by atoms with Gasteiger partial charge in [-0.1, -0.05) is 10.8 Å². The highest BCUT2D eigenvalue weighted by Crippen LogP contribution is 2.26. The molecule has 11 heteroatoms. The standard InChI is InChI=1S/C19H12F3N3O4S/c20-19(21,22)29-13-4-2-12(3-5-13)14-6-1-11(9-23-14)10-24-15-7-8-30-16(15)17(26)25(28)18(24)27/h1-9,28H,10H2. The molecule has 0 fully saturated rings. The number of hydrogen-bond donors (Lipinski definition) is 1. The van der Waals surface area contributed by atoms with Gasteiger partial charge in [-0.3, -0.25) is 14.3 Å². The number of fused-ring (bicyclic) bond motifs is 1. The maximum Gasteiger partial charge on any atom is 0.573 e. The van der Waals surface area contributed by atoms with Crippen molar-refractivity contribution < 1.29 is 23.1 Å². The third-order valence-electron chi connectivity index (χ3n) is 4.28. The van der Waals surface area contributed by atoms with Gasteiger partial charge in [0.05, 0.1) is 17.8 Å². The second-order valence-corrected chi connectivity index (χ2v) is 7.16. The fourth-order valence-corrected chi connectivity index (χ4v) is 3.75. The summed E-state index contributed by atoms with van der Waals surface area (Å²) in [6.07, 6.45) is -3.25. The number of nitrogens with zero attached hydrogens (tertiary/aromatic N) is 3. The molecule has 0 saturated heterocycles. The Hall–Kier alpha value is -3.60. The lowest BCUT2D eigenvalue weighted by atomic mass is 10.1. The van der Waals surface area contributed by atoms with E-state index in [1.165, 1.54) is 35.0 Å². The van der Waals surface area contributed by atoms with Gasteiger partial charge >= 0.3 is 17.6 Å². The number of benzene rings is 1. The van der Waals surface area contributed by atoms with Gasteiger partial charge < -0.3 is 9.94 Å². The predicted octanol–water partition coefficient (Wildman–Crippen LogP) is 3.47. The topological polar surface area (TPSA) is 86.4 Å². The van der Waals surface area contributed by atoms with E-state index < -0.39 is 17.6 Å². The van der Waals surface area contributed by atoms with Crippen LogP contribution in [0, 0.1) is 0 Å². The molecule has 4 aromatic rings. The molecular formula is C19H12F3N3O4S. The van der Waals surface area contributed by atoms with Gasteiger partial charge in [-0.25, -0.2) is 4.79 Å². The van der Waals surface area contributed by atoms with Crippen molar-refractivity contribution in [2.24, 2.45) is 0 Å². The molecule has 0 bridgehead atoms. The Bertz CT molecular complexity index is 1320. The molecule has 0 saturated carbocycles. The number of rotatable bonds is 4. The van der Waals surface area contributed by atoms with Crippen molar-refractivity contribution in [1.29, 1.82) is 0 Å². The van der Waals surface area contributed by atoms with Gasteiger partial charge in [0.15, 0.2) is 0 Å². The van der Waals surface area contributed by atoms with Gasteiger partial charge in [0.25, 0.3) is 0 Å². The van der Waals surface area contributed by atoms with E-state index in [1.807, 2.05) is 0 Å². The Morgan fingerprint density at radius 3 is 2.43 bits per heavy atom. The van der Waals surface area contributed by atoms with Crippen LogP contribution in [0.1, 0.15) is 5.56 Å². The Morgan fingerprint density at radius 2 is 1.80 bits per heavy atom. The quantitative estimate of drug-likeness (QED) is 0.496. The number of halogens is 3. The second kappa shape index (κ2) is 7.34. The molecule has 0 amide bonds. The van der Waals surface area contributed by atoms with Crippen molar-refractivity contribution in [2.75, 3.05) is 0 Å². The smallest absolute Gasteiger partial charge is 0.421 e. The molecule has 0 aliphatic heterocycles. The van der Waals surface area contributed by atoms with E-state index in [0.29, 0.717) is 22.3 Å². The average Bonchev–Trinajstić information content (AvgIpc) is 3.19. The van der Waals surface area contributed by atoms with E-state index in [9.17, 15) is 28.0 Å². The fourth-order valence-electron chi connectivity index (χ4n) is 2.93. The molecule has 30 heavy (non-hydrogen) atoms. The molecule has 1 aromatic carbocycles. The monoisotopic (exact) mass is 435 g/mol. The first-order valence-corrected chi connectivity index (χ1v) is 9.34. The van der Waals surface area contributed by atoms with Crippen molar-refractivity contribution in [3.05, 3.63) is 80.4 Å². The number of pyridine rings is 1. The number of aromatic nitrogens is 3. The normalized spacial score (nSPS) is 11.7. The molecule has 3 heterocycles. The summed E-state index contributed by atoms with van der Waals surface area (Å²) in [4.78, 5) is 28.5. The number of ether oxygens (including phenoxy) is 1. The molecule has 7 nitrogen and oxygen atoms in total. The first-order chi connectivity index (χ1) is 14.2. The zero-order valence-electron chi connectivity index (χ0n) is 15.0. The number of alkyl halides is 3. The summed E-state index contributed by atoms with van der Waals surface area (Å²) in [5.74, 6) is -0.332. The predicted molar refractivity (Wildman–Crippen MR) is 103 cm³/mol. The van der Waals surface area contributed by atoms with Gasteiger partial charge in [-0.05, 0) is 47.3 Å². The van der Waals surface area contributed by atoms with Crippen molar-refractivity contribution in [3.63, 3.8) is 0 Å². The summed E-state index contributed by atoms with van der Waals surface area (Å²) in [6.45, 7) is 0.0680. The lowest BCUT2D eigenvalue weighted by Crippen LogP contribution is -2.38. The Balaban J connectivity index is 1.60. The largest absolute Gasteiger partial charge is 0.573 e. The molecule has 1 N–H and O–H groups in total. The van der Waals surface area contributed by atoms with E-state index >= 15 is 0 Å². The Labute approximate surface area is 169 Å². The van der Waals surface area contributed by atoms with Crippen LogP contribution in [0.15, 0.2) is 63.6 Å². The van der Waals surface area contributed by atoms with Gasteiger partial charge in [0.1, 0.15) is 10.4 Å². The van der Waals surface area contributed by atoms with Crippen LogP contribution in [-0.4, -0.2) is 25.9 Å². The van der Waals surface area contributed by atoms with Crippen LogP contribution in [0.2, 0.25) is 0 Å². The van der Waals surface area contributed by atoms with Crippen molar-refractivity contribution in [1.82, 2.24) is 14.3 Å². The van der Waals surface area contributed by atoms with Gasteiger partial charge in [-0.2, -0.15) is 0 Å². The molecule has 0 radical (unpaired) electrons. The summed E-state index contributed by atoms with van der Waals surface area (Å²) in [6, 6.07) is 10.2. The lowest BCUT2D eigenvalue weighted by Gasteiger charge is -2.10. The van der Waals surface area contributed by atoms with E-state index in [4.69, 9.17) is 0 Å². The maximum atomic E-state index is 12.3. The first kappa shape index (κ1) is 19.7. The van der Waals surface area contributed by atoms with Crippen LogP contribution in [-0.2, 0) is 6.54 Å². The first-order valence-electron chi connectivity index (χ1n) is 8.46. The Morgan fingerprint density at radius 1 is 1.07 bits per heavy atom. The van der Waals surface area contributed by atoms with Crippen LogP contribution in [0.3, 0.4) is 0 Å². The number of hydrogen-bond acceptors (Lipinski definition) is 6. The minimum Gasteiger partial charge on any atom is -0.421 e. The van der Waals surface area contributed by atoms with E-state index in [2.05, 4.69) is 9.72 Å². The molecule has 0 spiro atoms. The molecule has 0 aliphatic carbocycles. The third-order valence-corrected chi connectivity index (χ3v) is 5.17. The highest BCUT2D eigenvalue weighted by Gasteiger charge is 2.31. The van der Waals surface area contributed by atoms with Crippen LogP contribution in [0.4, 0.5) is 13.2 Å². The lowest BCUT2D eigenvalue weighted by molar-refractivity contribution is -0.274. The minimum absolute atomic E-state index is 0.0680. The van der Waals surface area contributed by atoms with Gasteiger partial charge in [-0.15, -0.1) is 24.5 Å². The summed E-state index contributed by atoms with van der Waals surface area (Å²) in [7, 11) is 0. The SMILES string of the molecule is O=c1c2sccc2n(Cc2ccc(-c3ccc(OC(F)(F)F)cc3)nc2)c(=O)n1O.